The number of methoxy groups -OCH3 is 1. The summed E-state index contributed by atoms with van der Waals surface area (Å²) in [6.07, 6.45) is 1.95. The van der Waals surface area contributed by atoms with Gasteiger partial charge in [-0.1, -0.05) is 15.9 Å². The molecule has 0 saturated heterocycles. The molecule has 0 spiro atoms. The smallest absolute Gasteiger partial charge is 0.269 e. The third-order valence-corrected chi connectivity index (χ3v) is 4.33. The van der Waals surface area contributed by atoms with Crippen LogP contribution in [0.25, 0.3) is 0 Å². The van der Waals surface area contributed by atoms with E-state index in [1.807, 2.05) is 18.2 Å². The van der Waals surface area contributed by atoms with Crippen molar-refractivity contribution in [2.24, 2.45) is 0 Å². The van der Waals surface area contributed by atoms with Crippen molar-refractivity contribution in [1.29, 1.82) is 0 Å². The highest BCUT2D eigenvalue weighted by molar-refractivity contribution is 9.10. The van der Waals surface area contributed by atoms with Crippen LogP contribution in [0.2, 0.25) is 0 Å². The maximum absolute atomic E-state index is 12.2. The van der Waals surface area contributed by atoms with Crippen molar-refractivity contribution < 1.29 is 4.74 Å². The second-order valence-corrected chi connectivity index (χ2v) is 5.84. The van der Waals surface area contributed by atoms with E-state index in [1.165, 1.54) is 4.68 Å². The molecule has 1 aromatic heterocycles. The molecule has 0 amide bonds. The lowest BCUT2D eigenvalue weighted by molar-refractivity contribution is 0.414. The van der Waals surface area contributed by atoms with Crippen molar-refractivity contribution in [3.05, 3.63) is 50.3 Å². The number of benzene rings is 1. The highest BCUT2D eigenvalue weighted by atomic mass is 79.9. The van der Waals surface area contributed by atoms with E-state index in [1.54, 1.807) is 13.2 Å². The summed E-state index contributed by atoms with van der Waals surface area (Å²) >= 11 is 3.51. The van der Waals surface area contributed by atoms with Crippen molar-refractivity contribution in [3.8, 4) is 5.75 Å². The Morgan fingerprint density at radius 1 is 1.43 bits per heavy atom. The molecule has 2 heterocycles. The van der Waals surface area contributed by atoms with Crippen LogP contribution in [0, 0.1) is 0 Å². The van der Waals surface area contributed by atoms with Crippen LogP contribution in [0.5, 0.6) is 5.75 Å². The average molecular weight is 350 g/mol. The number of nitrogens with zero attached hydrogens (tertiary/aromatic N) is 2. The molecule has 0 unspecified atom stereocenters. The van der Waals surface area contributed by atoms with Gasteiger partial charge in [-0.3, -0.25) is 4.79 Å². The van der Waals surface area contributed by atoms with Gasteiger partial charge in [0.1, 0.15) is 5.75 Å². The van der Waals surface area contributed by atoms with Crippen LogP contribution in [0.15, 0.2) is 33.5 Å². The van der Waals surface area contributed by atoms with Gasteiger partial charge in [0, 0.05) is 17.1 Å². The summed E-state index contributed by atoms with van der Waals surface area (Å²) in [5.41, 5.74) is 2.69. The Balaban J connectivity index is 1.96. The van der Waals surface area contributed by atoms with Crippen molar-refractivity contribution in [1.82, 2.24) is 9.78 Å². The summed E-state index contributed by atoms with van der Waals surface area (Å²) in [5.74, 6) is 0.765. The van der Waals surface area contributed by atoms with Crippen LogP contribution in [-0.4, -0.2) is 23.4 Å². The number of halogens is 1. The van der Waals surface area contributed by atoms with E-state index in [9.17, 15) is 4.79 Å². The van der Waals surface area contributed by atoms with E-state index < -0.39 is 0 Å². The van der Waals surface area contributed by atoms with Crippen molar-refractivity contribution >= 4 is 21.6 Å². The lowest BCUT2D eigenvalue weighted by atomic mass is 10.1. The van der Waals surface area contributed by atoms with Crippen LogP contribution in [0.3, 0.4) is 0 Å². The first kappa shape index (κ1) is 14.1. The third kappa shape index (κ3) is 2.95. The van der Waals surface area contributed by atoms with Crippen molar-refractivity contribution in [3.63, 3.8) is 0 Å². The van der Waals surface area contributed by atoms with Gasteiger partial charge in [0.15, 0.2) is 0 Å². The maximum Gasteiger partial charge on any atom is 0.269 e. The number of aromatic nitrogens is 2. The van der Waals surface area contributed by atoms with Gasteiger partial charge < -0.3 is 10.1 Å². The highest BCUT2D eigenvalue weighted by Gasteiger charge is 2.13. The minimum atomic E-state index is -0.0992. The number of hydrogen-bond donors (Lipinski definition) is 1. The SMILES string of the molecule is COc1ccc(Br)c(Cn2nc3c(cc2=O)NCCC3)c1. The summed E-state index contributed by atoms with van der Waals surface area (Å²) in [7, 11) is 1.63. The third-order valence-electron chi connectivity index (χ3n) is 3.55. The van der Waals surface area contributed by atoms with Crippen LogP contribution in [-0.2, 0) is 13.0 Å². The summed E-state index contributed by atoms with van der Waals surface area (Å²) in [6, 6.07) is 7.34. The molecule has 0 saturated carbocycles. The van der Waals surface area contributed by atoms with E-state index in [-0.39, 0.29) is 5.56 Å². The topological polar surface area (TPSA) is 56.2 Å². The number of hydrogen-bond acceptors (Lipinski definition) is 4. The predicted octanol–water partition coefficient (Wildman–Crippen LogP) is 2.42. The number of aryl methyl sites for hydroxylation is 1. The van der Waals surface area contributed by atoms with Crippen LogP contribution in [0.1, 0.15) is 17.7 Å². The monoisotopic (exact) mass is 349 g/mol. The van der Waals surface area contributed by atoms with E-state index in [2.05, 4.69) is 26.3 Å². The Kier molecular flexibility index (Phi) is 3.96. The van der Waals surface area contributed by atoms with Gasteiger partial charge in [-0.15, -0.1) is 0 Å². The molecule has 6 heteroatoms. The fourth-order valence-electron chi connectivity index (χ4n) is 2.42. The number of anilines is 1. The fourth-order valence-corrected chi connectivity index (χ4v) is 2.79. The zero-order chi connectivity index (χ0) is 14.8. The molecule has 5 nitrogen and oxygen atoms in total. The molecule has 1 N–H and O–H groups in total. The Morgan fingerprint density at radius 2 is 2.29 bits per heavy atom. The van der Waals surface area contributed by atoms with Gasteiger partial charge in [0.2, 0.25) is 0 Å². The minimum Gasteiger partial charge on any atom is -0.497 e. The number of nitrogens with one attached hydrogen (secondary N) is 1. The summed E-state index contributed by atoms with van der Waals surface area (Å²) in [5, 5.41) is 7.70. The van der Waals surface area contributed by atoms with Gasteiger partial charge in [-0.2, -0.15) is 5.10 Å². The second-order valence-electron chi connectivity index (χ2n) is 4.99. The highest BCUT2D eigenvalue weighted by Crippen LogP contribution is 2.23. The van der Waals surface area contributed by atoms with Crippen molar-refractivity contribution in [2.75, 3.05) is 19.0 Å². The number of rotatable bonds is 3. The second kappa shape index (κ2) is 5.89. The normalized spacial score (nSPS) is 13.4. The summed E-state index contributed by atoms with van der Waals surface area (Å²) < 4.78 is 7.67. The first-order chi connectivity index (χ1) is 10.2. The maximum atomic E-state index is 12.2. The molecule has 110 valence electrons. The average Bonchev–Trinajstić information content (AvgIpc) is 2.50. The summed E-state index contributed by atoms with van der Waals surface area (Å²) in [6.45, 7) is 1.32. The Labute approximate surface area is 131 Å². The van der Waals surface area contributed by atoms with Gasteiger partial charge in [0.25, 0.3) is 5.56 Å². The lowest BCUT2D eigenvalue weighted by Gasteiger charge is -2.18. The van der Waals surface area contributed by atoms with Gasteiger partial charge >= 0.3 is 0 Å². The Morgan fingerprint density at radius 3 is 3.10 bits per heavy atom. The zero-order valence-electron chi connectivity index (χ0n) is 11.7. The van der Waals surface area contributed by atoms with Crippen LogP contribution >= 0.6 is 15.9 Å². The molecular formula is C15H16BrN3O2. The fraction of sp³-hybridized carbons (Fsp3) is 0.333. The first-order valence-corrected chi connectivity index (χ1v) is 7.64. The van der Waals surface area contributed by atoms with Gasteiger partial charge in [-0.25, -0.2) is 4.68 Å². The molecule has 21 heavy (non-hydrogen) atoms. The van der Waals surface area contributed by atoms with Gasteiger partial charge in [-0.05, 0) is 36.6 Å². The lowest BCUT2D eigenvalue weighted by Crippen LogP contribution is -2.27. The molecule has 1 aliphatic heterocycles. The van der Waals surface area contributed by atoms with Crippen LogP contribution < -0.4 is 15.6 Å². The molecule has 0 aliphatic carbocycles. The molecule has 0 bridgehead atoms. The largest absolute Gasteiger partial charge is 0.497 e. The van der Waals surface area contributed by atoms with E-state index in [0.717, 1.165) is 46.6 Å². The zero-order valence-corrected chi connectivity index (χ0v) is 13.3. The van der Waals surface area contributed by atoms with Gasteiger partial charge in [0.05, 0.1) is 25.0 Å². The Hall–Kier alpha value is -1.82. The molecule has 0 radical (unpaired) electrons. The first-order valence-electron chi connectivity index (χ1n) is 6.84. The molecule has 0 atom stereocenters. The molecule has 1 aliphatic rings. The Bertz CT molecular complexity index is 727. The predicted molar refractivity (Wildman–Crippen MR) is 85.1 cm³/mol. The molecule has 3 rings (SSSR count). The quantitative estimate of drug-likeness (QED) is 0.924. The molecule has 1 aromatic carbocycles. The van der Waals surface area contributed by atoms with Crippen LogP contribution in [0.4, 0.5) is 5.69 Å². The summed E-state index contributed by atoms with van der Waals surface area (Å²) in [4.78, 5) is 12.2. The van der Waals surface area contributed by atoms with E-state index in [4.69, 9.17) is 4.74 Å². The molecular weight excluding hydrogens is 334 g/mol. The number of fused-ring (bicyclic) bond motifs is 1. The molecule has 2 aromatic rings. The standard InChI is InChI=1S/C15H16BrN3O2/c1-21-11-4-5-12(16)10(7-11)9-19-15(20)8-14-13(18-19)3-2-6-17-14/h4-5,7-8,17H,2-3,6,9H2,1H3. The van der Waals surface area contributed by atoms with E-state index in [0.29, 0.717) is 6.54 Å². The molecule has 0 fully saturated rings. The minimum absolute atomic E-state index is 0.0992. The number of ether oxygens (including phenoxy) is 1. The van der Waals surface area contributed by atoms with E-state index >= 15 is 0 Å². The van der Waals surface area contributed by atoms with Crippen molar-refractivity contribution in [2.45, 2.75) is 19.4 Å².